The Kier molecular flexibility index (Phi) is 7.99. The van der Waals surface area contributed by atoms with Gasteiger partial charge in [-0.25, -0.2) is 0 Å². The van der Waals surface area contributed by atoms with Gasteiger partial charge in [0.05, 0.1) is 0 Å². The third-order valence-corrected chi connectivity index (χ3v) is 3.50. The molecule has 1 aliphatic carbocycles. The van der Waals surface area contributed by atoms with Crippen molar-refractivity contribution in [3.63, 3.8) is 0 Å². The summed E-state index contributed by atoms with van der Waals surface area (Å²) in [5.41, 5.74) is 7.13. The highest BCUT2D eigenvalue weighted by Crippen LogP contribution is 2.24. The zero-order valence-corrected chi connectivity index (χ0v) is 12.6. The lowest BCUT2D eigenvalue weighted by atomic mass is 10.0. The molecule has 1 amide bonds. The van der Waals surface area contributed by atoms with E-state index in [0.717, 1.165) is 24.8 Å². The molecule has 19 heavy (non-hydrogen) atoms. The van der Waals surface area contributed by atoms with Crippen molar-refractivity contribution in [1.82, 2.24) is 10.3 Å². The number of carbonyl (C=O) groups is 1. The predicted molar refractivity (Wildman–Crippen MR) is 81.1 cm³/mol. The van der Waals surface area contributed by atoms with Crippen LogP contribution in [-0.2, 0) is 0 Å². The first-order valence-electron chi connectivity index (χ1n) is 6.15. The molecular weight excluding hydrogens is 285 g/mol. The van der Waals surface area contributed by atoms with E-state index in [0.29, 0.717) is 18.2 Å². The van der Waals surface area contributed by atoms with Crippen LogP contribution in [0.4, 0.5) is 0 Å². The molecule has 1 aromatic heterocycles. The molecule has 1 aliphatic rings. The van der Waals surface area contributed by atoms with E-state index in [4.69, 9.17) is 5.73 Å². The van der Waals surface area contributed by atoms with Crippen molar-refractivity contribution < 1.29 is 4.79 Å². The fourth-order valence-corrected chi connectivity index (χ4v) is 2.47. The Hall–Kier alpha value is -0.840. The van der Waals surface area contributed by atoms with E-state index in [2.05, 4.69) is 10.3 Å². The van der Waals surface area contributed by atoms with Crippen molar-refractivity contribution in [2.24, 2.45) is 11.7 Å². The Morgan fingerprint density at radius 2 is 2.21 bits per heavy atom. The van der Waals surface area contributed by atoms with Gasteiger partial charge in [-0.3, -0.25) is 9.78 Å². The highest BCUT2D eigenvalue weighted by molar-refractivity contribution is 5.93. The lowest BCUT2D eigenvalue weighted by Crippen LogP contribution is -2.40. The van der Waals surface area contributed by atoms with Crippen LogP contribution >= 0.6 is 24.8 Å². The Morgan fingerprint density at radius 1 is 1.47 bits per heavy atom. The minimum absolute atomic E-state index is 0. The fraction of sp³-hybridized carbons (Fsp3) is 0.538. The van der Waals surface area contributed by atoms with Gasteiger partial charge < -0.3 is 11.1 Å². The number of nitrogens with one attached hydrogen (secondary N) is 1. The summed E-state index contributed by atoms with van der Waals surface area (Å²) in [5, 5.41) is 3.06. The van der Waals surface area contributed by atoms with Gasteiger partial charge >= 0.3 is 0 Å². The first-order chi connectivity index (χ1) is 8.22. The van der Waals surface area contributed by atoms with Crippen molar-refractivity contribution in [2.75, 3.05) is 6.54 Å². The first-order valence-corrected chi connectivity index (χ1v) is 6.15. The van der Waals surface area contributed by atoms with E-state index in [9.17, 15) is 4.79 Å². The molecule has 2 rings (SSSR count). The average Bonchev–Trinajstić information content (AvgIpc) is 2.76. The molecule has 108 valence electrons. The van der Waals surface area contributed by atoms with E-state index < -0.39 is 0 Å². The normalized spacial score (nSPS) is 21.2. The van der Waals surface area contributed by atoms with Crippen molar-refractivity contribution in [1.29, 1.82) is 0 Å². The number of hydrogen-bond acceptors (Lipinski definition) is 3. The summed E-state index contributed by atoms with van der Waals surface area (Å²) in [7, 11) is 0. The van der Waals surface area contributed by atoms with Gasteiger partial charge in [0.1, 0.15) is 5.69 Å². The number of amides is 1. The van der Waals surface area contributed by atoms with Crippen molar-refractivity contribution in [3.8, 4) is 0 Å². The molecule has 1 saturated carbocycles. The van der Waals surface area contributed by atoms with Gasteiger partial charge in [-0.1, -0.05) is 12.5 Å². The maximum Gasteiger partial charge on any atom is 0.270 e. The fourth-order valence-electron chi connectivity index (χ4n) is 2.47. The molecule has 0 saturated heterocycles. The van der Waals surface area contributed by atoms with Crippen LogP contribution in [0.3, 0.4) is 0 Å². The minimum Gasteiger partial charge on any atom is -0.348 e. The number of aryl methyl sites for hydroxylation is 1. The van der Waals surface area contributed by atoms with E-state index in [1.165, 1.54) is 0 Å². The summed E-state index contributed by atoms with van der Waals surface area (Å²) in [6.45, 7) is 2.54. The topological polar surface area (TPSA) is 68.0 Å². The number of nitrogens with two attached hydrogens (primary N) is 1. The molecule has 0 bridgehead atoms. The number of aromatic nitrogens is 1. The molecule has 6 heteroatoms. The Morgan fingerprint density at radius 3 is 2.84 bits per heavy atom. The molecule has 3 N–H and O–H groups in total. The Labute approximate surface area is 126 Å². The molecule has 0 spiro atoms. The molecule has 2 atom stereocenters. The summed E-state index contributed by atoms with van der Waals surface area (Å²) in [4.78, 5) is 16.2. The van der Waals surface area contributed by atoms with E-state index >= 15 is 0 Å². The number of carbonyl (C=O) groups excluding carboxylic acids is 1. The lowest BCUT2D eigenvalue weighted by Gasteiger charge is -2.19. The number of nitrogens with zero attached hydrogens (tertiary/aromatic N) is 1. The quantitative estimate of drug-likeness (QED) is 0.898. The van der Waals surface area contributed by atoms with Gasteiger partial charge in [0, 0.05) is 12.2 Å². The maximum atomic E-state index is 12.1. The van der Waals surface area contributed by atoms with Gasteiger partial charge in [-0.15, -0.1) is 24.8 Å². The van der Waals surface area contributed by atoms with Crippen LogP contribution in [0.15, 0.2) is 18.3 Å². The van der Waals surface area contributed by atoms with Crippen LogP contribution in [-0.4, -0.2) is 23.5 Å². The summed E-state index contributed by atoms with van der Waals surface area (Å²) in [5.74, 6) is 0.344. The second kappa shape index (κ2) is 8.35. The minimum atomic E-state index is -0.0755. The SMILES string of the molecule is Cc1cccnc1C(=O)NC1CCCC1CN.Cl.Cl. The maximum absolute atomic E-state index is 12.1. The monoisotopic (exact) mass is 305 g/mol. The van der Waals surface area contributed by atoms with Crippen LogP contribution in [0.5, 0.6) is 0 Å². The highest BCUT2D eigenvalue weighted by Gasteiger charge is 2.28. The van der Waals surface area contributed by atoms with Gasteiger partial charge in [0.15, 0.2) is 0 Å². The smallest absolute Gasteiger partial charge is 0.270 e. The molecule has 1 aromatic rings. The lowest BCUT2D eigenvalue weighted by molar-refractivity contribution is 0.0923. The second-order valence-electron chi connectivity index (χ2n) is 4.68. The number of halogens is 2. The molecule has 0 aromatic carbocycles. The summed E-state index contributed by atoms with van der Waals surface area (Å²) in [6, 6.07) is 3.95. The largest absolute Gasteiger partial charge is 0.348 e. The molecule has 0 radical (unpaired) electrons. The summed E-state index contributed by atoms with van der Waals surface area (Å²) >= 11 is 0. The third kappa shape index (κ3) is 4.34. The summed E-state index contributed by atoms with van der Waals surface area (Å²) < 4.78 is 0. The van der Waals surface area contributed by atoms with Crippen molar-refractivity contribution >= 4 is 30.7 Å². The van der Waals surface area contributed by atoms with Crippen LogP contribution in [0.1, 0.15) is 35.3 Å². The average molecular weight is 306 g/mol. The number of rotatable bonds is 3. The Balaban J connectivity index is 0.00000162. The van der Waals surface area contributed by atoms with Gasteiger partial charge in [0.25, 0.3) is 5.91 Å². The summed E-state index contributed by atoms with van der Waals surface area (Å²) in [6.07, 6.45) is 4.94. The van der Waals surface area contributed by atoms with Crippen LogP contribution in [0.25, 0.3) is 0 Å². The van der Waals surface area contributed by atoms with E-state index in [1.54, 1.807) is 6.20 Å². The molecule has 1 fully saturated rings. The van der Waals surface area contributed by atoms with Crippen molar-refractivity contribution in [3.05, 3.63) is 29.6 Å². The standard InChI is InChI=1S/C13H19N3O.2ClH/c1-9-4-3-7-15-12(9)13(17)16-11-6-2-5-10(11)8-14;;/h3-4,7,10-11H,2,5-6,8,14H2,1H3,(H,16,17);2*1H. The molecule has 0 aliphatic heterocycles. The molecule has 1 heterocycles. The van der Waals surface area contributed by atoms with E-state index in [-0.39, 0.29) is 36.8 Å². The van der Waals surface area contributed by atoms with Gasteiger partial charge in [-0.2, -0.15) is 0 Å². The zero-order chi connectivity index (χ0) is 12.3. The van der Waals surface area contributed by atoms with Gasteiger partial charge in [0.2, 0.25) is 0 Å². The van der Waals surface area contributed by atoms with Crippen LogP contribution < -0.4 is 11.1 Å². The predicted octanol–water partition coefficient (Wildman–Crippen LogP) is 2.09. The first kappa shape index (κ1) is 18.2. The van der Waals surface area contributed by atoms with Crippen LogP contribution in [0.2, 0.25) is 0 Å². The number of hydrogen-bond donors (Lipinski definition) is 2. The van der Waals surface area contributed by atoms with E-state index in [1.807, 2.05) is 19.1 Å². The Bertz CT molecular complexity index is 415. The third-order valence-electron chi connectivity index (χ3n) is 3.50. The molecule has 4 nitrogen and oxygen atoms in total. The zero-order valence-electron chi connectivity index (χ0n) is 11.0. The van der Waals surface area contributed by atoms with Crippen LogP contribution in [0, 0.1) is 12.8 Å². The number of pyridine rings is 1. The molecule has 2 unspecified atom stereocenters. The second-order valence-corrected chi connectivity index (χ2v) is 4.68. The van der Waals surface area contributed by atoms with Gasteiger partial charge in [-0.05, 0) is 43.9 Å². The highest BCUT2D eigenvalue weighted by atomic mass is 35.5. The van der Waals surface area contributed by atoms with Crippen molar-refractivity contribution in [2.45, 2.75) is 32.2 Å². The molecular formula is C13H21Cl2N3O.